The predicted molar refractivity (Wildman–Crippen MR) is 59.0 cm³/mol. The normalized spacial score (nSPS) is 14.2. The molecule has 4 N–H and O–H groups in total. The predicted octanol–water partition coefficient (Wildman–Crippen LogP) is 0.110. The standard InChI is InChI=1S/C9H14N4O3/c1-6(14)8(10)5-11-7-2-3-9(12-4-7)13(15)16/h2-4,6,8,11,14H,5,10H2,1H3. The molecule has 0 saturated carbocycles. The Morgan fingerprint density at radius 1 is 1.69 bits per heavy atom. The zero-order valence-corrected chi connectivity index (χ0v) is 8.83. The lowest BCUT2D eigenvalue weighted by atomic mass is 10.2. The molecule has 1 aromatic rings. The number of nitrogens with two attached hydrogens (primary N) is 1. The Bertz CT molecular complexity index is 352. The molecule has 1 aromatic heterocycles. The molecule has 0 radical (unpaired) electrons. The summed E-state index contributed by atoms with van der Waals surface area (Å²) >= 11 is 0. The Morgan fingerprint density at radius 3 is 2.81 bits per heavy atom. The minimum Gasteiger partial charge on any atom is -0.392 e. The van der Waals surface area contributed by atoms with Gasteiger partial charge in [0.25, 0.3) is 0 Å². The average molecular weight is 226 g/mol. The third kappa shape index (κ3) is 3.44. The summed E-state index contributed by atoms with van der Waals surface area (Å²) in [7, 11) is 0. The zero-order chi connectivity index (χ0) is 12.1. The summed E-state index contributed by atoms with van der Waals surface area (Å²) in [5.41, 5.74) is 6.23. The van der Waals surface area contributed by atoms with Crippen LogP contribution in [0.15, 0.2) is 18.3 Å². The summed E-state index contributed by atoms with van der Waals surface area (Å²) in [4.78, 5) is 13.4. The van der Waals surface area contributed by atoms with E-state index in [1.54, 1.807) is 13.0 Å². The monoisotopic (exact) mass is 226 g/mol. The van der Waals surface area contributed by atoms with Gasteiger partial charge in [0.05, 0.1) is 11.8 Å². The topological polar surface area (TPSA) is 114 Å². The van der Waals surface area contributed by atoms with Crippen LogP contribution in [0.4, 0.5) is 11.5 Å². The summed E-state index contributed by atoms with van der Waals surface area (Å²) in [5, 5.41) is 22.4. The van der Waals surface area contributed by atoms with Crippen LogP contribution in [-0.4, -0.2) is 33.7 Å². The van der Waals surface area contributed by atoms with Crippen LogP contribution in [0.25, 0.3) is 0 Å². The van der Waals surface area contributed by atoms with E-state index in [-0.39, 0.29) is 5.82 Å². The summed E-state index contributed by atoms with van der Waals surface area (Å²) < 4.78 is 0. The highest BCUT2D eigenvalue weighted by Gasteiger charge is 2.10. The molecule has 2 unspecified atom stereocenters. The molecule has 2 atom stereocenters. The number of aliphatic hydroxyl groups is 1. The van der Waals surface area contributed by atoms with E-state index in [4.69, 9.17) is 10.8 Å². The van der Waals surface area contributed by atoms with Gasteiger partial charge in [-0.05, 0) is 22.9 Å². The summed E-state index contributed by atoms with van der Waals surface area (Å²) in [6, 6.07) is 2.45. The maximum Gasteiger partial charge on any atom is 0.363 e. The molecule has 88 valence electrons. The number of rotatable bonds is 5. The minimum absolute atomic E-state index is 0.203. The van der Waals surface area contributed by atoms with Gasteiger partial charge < -0.3 is 26.3 Å². The maximum absolute atomic E-state index is 10.3. The molecule has 1 heterocycles. The van der Waals surface area contributed by atoms with Crippen molar-refractivity contribution in [1.29, 1.82) is 0 Å². The summed E-state index contributed by atoms with van der Waals surface area (Å²) in [6.07, 6.45) is 0.742. The van der Waals surface area contributed by atoms with Crippen molar-refractivity contribution in [3.05, 3.63) is 28.4 Å². The van der Waals surface area contributed by atoms with E-state index >= 15 is 0 Å². The van der Waals surface area contributed by atoms with Gasteiger partial charge in [-0.15, -0.1) is 0 Å². The van der Waals surface area contributed by atoms with Crippen LogP contribution >= 0.6 is 0 Å². The number of nitrogens with one attached hydrogen (secondary N) is 1. The Labute approximate surface area is 92.4 Å². The Kier molecular flexibility index (Phi) is 4.15. The van der Waals surface area contributed by atoms with E-state index in [0.29, 0.717) is 12.2 Å². The van der Waals surface area contributed by atoms with E-state index in [0.717, 1.165) is 0 Å². The number of hydrogen-bond donors (Lipinski definition) is 3. The number of anilines is 1. The minimum atomic E-state index is -0.612. The highest BCUT2D eigenvalue weighted by atomic mass is 16.6. The fraction of sp³-hybridized carbons (Fsp3) is 0.444. The molecule has 0 saturated heterocycles. The molecule has 0 bridgehead atoms. The SMILES string of the molecule is CC(O)C(N)CNc1ccc([N+](=O)[O-])nc1. The molecular weight excluding hydrogens is 212 g/mol. The van der Waals surface area contributed by atoms with Crippen LogP contribution < -0.4 is 11.1 Å². The molecule has 0 spiro atoms. The lowest BCUT2D eigenvalue weighted by Crippen LogP contribution is -2.38. The first-order valence-electron chi connectivity index (χ1n) is 4.78. The molecule has 0 amide bonds. The van der Waals surface area contributed by atoms with E-state index in [9.17, 15) is 10.1 Å². The third-order valence-electron chi connectivity index (χ3n) is 2.10. The molecule has 7 nitrogen and oxygen atoms in total. The summed E-state index contributed by atoms with van der Waals surface area (Å²) in [6.45, 7) is 1.97. The van der Waals surface area contributed by atoms with Gasteiger partial charge in [-0.1, -0.05) is 0 Å². The van der Waals surface area contributed by atoms with Crippen molar-refractivity contribution in [3.8, 4) is 0 Å². The Hall–Kier alpha value is -1.73. The van der Waals surface area contributed by atoms with Gasteiger partial charge in [-0.25, -0.2) is 0 Å². The number of hydrogen-bond acceptors (Lipinski definition) is 6. The fourth-order valence-corrected chi connectivity index (χ4v) is 1.00. The van der Waals surface area contributed by atoms with E-state index in [2.05, 4.69) is 10.3 Å². The van der Waals surface area contributed by atoms with Gasteiger partial charge in [0, 0.05) is 18.7 Å². The van der Waals surface area contributed by atoms with Crippen molar-refractivity contribution in [1.82, 2.24) is 4.98 Å². The molecule has 0 fully saturated rings. The van der Waals surface area contributed by atoms with Gasteiger partial charge in [-0.3, -0.25) is 0 Å². The number of aliphatic hydroxyl groups excluding tert-OH is 1. The number of pyridine rings is 1. The Morgan fingerprint density at radius 2 is 2.38 bits per heavy atom. The van der Waals surface area contributed by atoms with Gasteiger partial charge in [0.15, 0.2) is 6.20 Å². The van der Waals surface area contributed by atoms with Crippen molar-refractivity contribution >= 4 is 11.5 Å². The molecular formula is C9H14N4O3. The fourth-order valence-electron chi connectivity index (χ4n) is 1.00. The first-order valence-corrected chi connectivity index (χ1v) is 4.78. The highest BCUT2D eigenvalue weighted by Crippen LogP contribution is 2.11. The van der Waals surface area contributed by atoms with Gasteiger partial charge >= 0.3 is 5.82 Å². The van der Waals surface area contributed by atoms with Crippen LogP contribution in [0, 0.1) is 10.1 Å². The van der Waals surface area contributed by atoms with Crippen molar-refractivity contribution in [2.75, 3.05) is 11.9 Å². The third-order valence-corrected chi connectivity index (χ3v) is 2.10. The van der Waals surface area contributed by atoms with Crippen LogP contribution in [-0.2, 0) is 0 Å². The average Bonchev–Trinajstić information content (AvgIpc) is 2.26. The molecule has 7 heteroatoms. The highest BCUT2D eigenvalue weighted by molar-refractivity contribution is 5.43. The lowest BCUT2D eigenvalue weighted by molar-refractivity contribution is -0.389. The van der Waals surface area contributed by atoms with Crippen LogP contribution in [0.3, 0.4) is 0 Å². The van der Waals surface area contributed by atoms with Crippen LogP contribution in [0.5, 0.6) is 0 Å². The van der Waals surface area contributed by atoms with Crippen molar-refractivity contribution in [2.45, 2.75) is 19.1 Å². The van der Waals surface area contributed by atoms with Crippen molar-refractivity contribution in [3.63, 3.8) is 0 Å². The second-order valence-corrected chi connectivity index (χ2v) is 3.45. The van der Waals surface area contributed by atoms with E-state index in [1.165, 1.54) is 12.3 Å². The Balaban J connectivity index is 2.53. The largest absolute Gasteiger partial charge is 0.392 e. The lowest BCUT2D eigenvalue weighted by Gasteiger charge is -2.15. The molecule has 16 heavy (non-hydrogen) atoms. The smallest absolute Gasteiger partial charge is 0.363 e. The zero-order valence-electron chi connectivity index (χ0n) is 8.83. The molecule has 0 aliphatic heterocycles. The number of nitrogens with zero attached hydrogens (tertiary/aromatic N) is 2. The molecule has 1 rings (SSSR count). The second-order valence-electron chi connectivity index (χ2n) is 3.45. The number of nitro groups is 1. The van der Waals surface area contributed by atoms with Crippen LogP contribution in [0.1, 0.15) is 6.92 Å². The van der Waals surface area contributed by atoms with E-state index in [1.807, 2.05) is 0 Å². The quantitative estimate of drug-likeness (QED) is 0.485. The van der Waals surface area contributed by atoms with E-state index < -0.39 is 17.1 Å². The maximum atomic E-state index is 10.3. The summed E-state index contributed by atoms with van der Waals surface area (Å²) in [5.74, 6) is -0.203. The van der Waals surface area contributed by atoms with Crippen molar-refractivity contribution < 1.29 is 10.0 Å². The van der Waals surface area contributed by atoms with Gasteiger partial charge in [0.2, 0.25) is 0 Å². The molecule has 0 aromatic carbocycles. The van der Waals surface area contributed by atoms with Crippen molar-refractivity contribution in [2.24, 2.45) is 5.73 Å². The number of aromatic nitrogens is 1. The van der Waals surface area contributed by atoms with Gasteiger partial charge in [-0.2, -0.15) is 0 Å². The van der Waals surface area contributed by atoms with Crippen LogP contribution in [0.2, 0.25) is 0 Å². The first-order chi connectivity index (χ1) is 7.50. The molecule has 0 aliphatic carbocycles. The molecule has 0 aliphatic rings. The second kappa shape index (κ2) is 5.38. The first kappa shape index (κ1) is 12.3. The van der Waals surface area contributed by atoms with Gasteiger partial charge in [0.1, 0.15) is 0 Å².